The van der Waals surface area contributed by atoms with Crippen molar-refractivity contribution in [2.24, 2.45) is 4.99 Å². The molecule has 1 fully saturated rings. The van der Waals surface area contributed by atoms with Gasteiger partial charge >= 0.3 is 0 Å². The Balaban J connectivity index is 1.53. The molecule has 0 amide bonds. The van der Waals surface area contributed by atoms with Crippen LogP contribution in [0.15, 0.2) is 29.3 Å². The Morgan fingerprint density at radius 1 is 1.08 bits per heavy atom. The number of hydrogen-bond acceptors (Lipinski definition) is 2. The first kappa shape index (κ1) is 14.3. The summed E-state index contributed by atoms with van der Waals surface area (Å²) < 4.78 is 8.69. The molecule has 3 aliphatic rings. The van der Waals surface area contributed by atoms with Crippen molar-refractivity contribution in [1.29, 1.82) is 0 Å². The molecule has 0 atom stereocenters. The highest BCUT2D eigenvalue weighted by Crippen LogP contribution is 2.39. The van der Waals surface area contributed by atoms with Crippen LogP contribution in [0.4, 0.5) is 0 Å². The number of hydrogen-bond donors (Lipinski definition) is 0. The van der Waals surface area contributed by atoms with Gasteiger partial charge in [-0.3, -0.25) is 4.99 Å². The Morgan fingerprint density at radius 3 is 2.79 bits per heavy atom. The molecule has 0 bridgehead atoms. The van der Waals surface area contributed by atoms with Gasteiger partial charge in [0, 0.05) is 12.1 Å². The van der Waals surface area contributed by atoms with Crippen molar-refractivity contribution in [1.82, 2.24) is 4.57 Å². The maximum absolute atomic E-state index is 6.21. The Kier molecular flexibility index (Phi) is 3.29. The molecule has 1 aromatic heterocycles. The van der Waals surface area contributed by atoms with Crippen molar-refractivity contribution in [2.75, 3.05) is 6.54 Å². The number of nitrogens with zero attached hydrogens (tertiary/aromatic N) is 2. The van der Waals surface area contributed by atoms with Gasteiger partial charge in [-0.1, -0.05) is 0 Å². The fourth-order valence-corrected chi connectivity index (χ4v) is 4.59. The summed E-state index contributed by atoms with van der Waals surface area (Å²) in [4.78, 5) is 4.62. The molecule has 5 rings (SSSR count). The van der Waals surface area contributed by atoms with Gasteiger partial charge in [-0.15, -0.1) is 0 Å². The van der Waals surface area contributed by atoms with Crippen LogP contribution in [0.1, 0.15) is 49.4 Å². The van der Waals surface area contributed by atoms with E-state index in [1.165, 1.54) is 59.5 Å². The van der Waals surface area contributed by atoms with Crippen molar-refractivity contribution >= 4 is 5.71 Å². The summed E-state index contributed by atoms with van der Waals surface area (Å²) in [6.07, 6.45) is 7.73. The number of aliphatic imine (C=N–C) groups is 1. The molecule has 1 aliphatic heterocycles. The van der Waals surface area contributed by atoms with E-state index in [4.69, 9.17) is 4.74 Å². The highest BCUT2D eigenvalue weighted by Gasteiger charge is 2.25. The number of rotatable bonds is 2. The summed E-state index contributed by atoms with van der Waals surface area (Å²) in [6, 6.07) is 9.11. The lowest BCUT2D eigenvalue weighted by Crippen LogP contribution is -2.17. The van der Waals surface area contributed by atoms with Crippen LogP contribution in [0.3, 0.4) is 0 Å². The highest BCUT2D eigenvalue weighted by molar-refractivity contribution is 5.99. The van der Waals surface area contributed by atoms with Crippen molar-refractivity contribution in [3.05, 3.63) is 41.1 Å². The van der Waals surface area contributed by atoms with Gasteiger partial charge in [0.1, 0.15) is 5.75 Å². The SMILES string of the molecule is CC1=NCCn2c1cc1c2-c2ccc(OC3CCCC3)cc2CC1. The van der Waals surface area contributed by atoms with Crippen LogP contribution in [-0.4, -0.2) is 22.9 Å². The molecular weight excluding hydrogens is 296 g/mol. The molecule has 124 valence electrons. The quantitative estimate of drug-likeness (QED) is 0.805. The minimum absolute atomic E-state index is 0.433. The third-order valence-corrected chi connectivity index (χ3v) is 5.82. The average Bonchev–Trinajstić information content (AvgIpc) is 3.23. The van der Waals surface area contributed by atoms with Crippen LogP contribution in [0.5, 0.6) is 5.75 Å². The van der Waals surface area contributed by atoms with E-state index in [0.717, 1.165) is 31.7 Å². The molecule has 2 aromatic rings. The molecule has 2 heterocycles. The van der Waals surface area contributed by atoms with E-state index in [2.05, 4.69) is 40.7 Å². The molecule has 1 saturated carbocycles. The largest absolute Gasteiger partial charge is 0.490 e. The number of fused-ring (bicyclic) bond motifs is 5. The zero-order chi connectivity index (χ0) is 16.1. The van der Waals surface area contributed by atoms with Crippen molar-refractivity contribution in [3.8, 4) is 17.0 Å². The van der Waals surface area contributed by atoms with Crippen LogP contribution < -0.4 is 4.74 Å². The van der Waals surface area contributed by atoms with Gasteiger partial charge in [0.2, 0.25) is 0 Å². The lowest BCUT2D eigenvalue weighted by atomic mass is 9.90. The second kappa shape index (κ2) is 5.51. The van der Waals surface area contributed by atoms with Crippen molar-refractivity contribution in [3.63, 3.8) is 0 Å². The van der Waals surface area contributed by atoms with Crippen LogP contribution in [-0.2, 0) is 19.4 Å². The van der Waals surface area contributed by atoms with E-state index >= 15 is 0 Å². The summed E-state index contributed by atoms with van der Waals surface area (Å²) in [5, 5.41) is 0. The van der Waals surface area contributed by atoms with E-state index in [9.17, 15) is 0 Å². The first-order valence-corrected chi connectivity index (χ1v) is 9.33. The molecule has 1 aromatic carbocycles. The lowest BCUT2D eigenvalue weighted by molar-refractivity contribution is 0.210. The summed E-state index contributed by atoms with van der Waals surface area (Å²) in [5.41, 5.74) is 8.24. The molecule has 24 heavy (non-hydrogen) atoms. The van der Waals surface area contributed by atoms with Gasteiger partial charge in [-0.25, -0.2) is 0 Å². The zero-order valence-electron chi connectivity index (χ0n) is 14.3. The average molecular weight is 320 g/mol. The maximum atomic E-state index is 6.21. The number of aromatic nitrogens is 1. The first-order valence-electron chi connectivity index (χ1n) is 9.33. The van der Waals surface area contributed by atoms with E-state index < -0.39 is 0 Å². The Labute approximate surface area is 143 Å². The lowest BCUT2D eigenvalue weighted by Gasteiger charge is -2.23. The summed E-state index contributed by atoms with van der Waals surface area (Å²) in [5.74, 6) is 1.06. The summed E-state index contributed by atoms with van der Waals surface area (Å²) in [7, 11) is 0. The fraction of sp³-hybridized carbons (Fsp3) is 0.476. The van der Waals surface area contributed by atoms with Crippen molar-refractivity contribution in [2.45, 2.75) is 58.1 Å². The topological polar surface area (TPSA) is 26.5 Å². The van der Waals surface area contributed by atoms with Gasteiger partial charge in [-0.2, -0.15) is 0 Å². The fourth-order valence-electron chi connectivity index (χ4n) is 4.59. The standard InChI is InChI=1S/C21H24N2O/c1-14-20-13-16-7-6-15-12-18(24-17-4-2-3-5-17)8-9-19(15)21(16)23(20)11-10-22-14/h8-9,12-13,17H,2-7,10-11H2,1H3. The third-order valence-electron chi connectivity index (χ3n) is 5.82. The summed E-state index contributed by atoms with van der Waals surface area (Å²) >= 11 is 0. The Bertz CT molecular complexity index is 825. The highest BCUT2D eigenvalue weighted by atomic mass is 16.5. The Morgan fingerprint density at radius 2 is 1.92 bits per heavy atom. The maximum Gasteiger partial charge on any atom is 0.120 e. The van der Waals surface area contributed by atoms with Crippen molar-refractivity contribution < 1.29 is 4.74 Å². The molecule has 3 heteroatoms. The summed E-state index contributed by atoms with van der Waals surface area (Å²) in [6.45, 7) is 4.04. The predicted octanol–water partition coefficient (Wildman–Crippen LogP) is 4.40. The van der Waals surface area contributed by atoms with Gasteiger partial charge in [0.25, 0.3) is 0 Å². The van der Waals surface area contributed by atoms with Gasteiger partial charge in [0.05, 0.1) is 29.7 Å². The molecule has 0 saturated heterocycles. The third kappa shape index (κ3) is 2.21. The van der Waals surface area contributed by atoms with Crippen LogP contribution >= 0.6 is 0 Å². The monoisotopic (exact) mass is 320 g/mol. The molecule has 2 aliphatic carbocycles. The van der Waals surface area contributed by atoms with Gasteiger partial charge in [-0.05, 0) is 80.8 Å². The minimum Gasteiger partial charge on any atom is -0.490 e. The smallest absolute Gasteiger partial charge is 0.120 e. The van der Waals surface area contributed by atoms with E-state index in [-0.39, 0.29) is 0 Å². The van der Waals surface area contributed by atoms with Gasteiger partial charge < -0.3 is 9.30 Å². The zero-order valence-corrected chi connectivity index (χ0v) is 14.3. The Hall–Kier alpha value is -2.03. The molecular formula is C21H24N2O. The second-order valence-corrected chi connectivity index (χ2v) is 7.37. The predicted molar refractivity (Wildman–Crippen MR) is 97.2 cm³/mol. The van der Waals surface area contributed by atoms with Crippen LogP contribution in [0.25, 0.3) is 11.3 Å². The minimum atomic E-state index is 0.433. The van der Waals surface area contributed by atoms with E-state index in [0.29, 0.717) is 6.10 Å². The molecule has 0 spiro atoms. The molecule has 0 unspecified atom stereocenters. The first-order chi connectivity index (χ1) is 11.8. The molecule has 3 nitrogen and oxygen atoms in total. The number of benzene rings is 1. The van der Waals surface area contributed by atoms with Crippen LogP contribution in [0, 0.1) is 0 Å². The number of aryl methyl sites for hydroxylation is 2. The van der Waals surface area contributed by atoms with E-state index in [1.807, 2.05) is 0 Å². The van der Waals surface area contributed by atoms with E-state index in [1.54, 1.807) is 0 Å². The molecule has 0 N–H and O–H groups in total. The number of ether oxygens (including phenoxy) is 1. The second-order valence-electron chi connectivity index (χ2n) is 7.37. The van der Waals surface area contributed by atoms with Gasteiger partial charge in [0.15, 0.2) is 0 Å². The van der Waals surface area contributed by atoms with Crippen LogP contribution in [0.2, 0.25) is 0 Å². The molecule has 0 radical (unpaired) electrons. The normalized spacial score (nSPS) is 19.5.